The van der Waals surface area contributed by atoms with Gasteiger partial charge in [-0.15, -0.1) is 0 Å². The zero-order chi connectivity index (χ0) is 15.0. The van der Waals surface area contributed by atoms with Gasteiger partial charge in [-0.2, -0.15) is 0 Å². The van der Waals surface area contributed by atoms with Crippen LogP contribution in [0.2, 0.25) is 0 Å². The highest BCUT2D eigenvalue weighted by Gasteiger charge is 2.08. The summed E-state index contributed by atoms with van der Waals surface area (Å²) in [6, 6.07) is 1.58. The van der Waals surface area contributed by atoms with Gasteiger partial charge in [0.2, 0.25) is 0 Å². The van der Waals surface area contributed by atoms with Crippen molar-refractivity contribution in [1.82, 2.24) is 10.3 Å². The molecule has 20 heavy (non-hydrogen) atoms. The second kappa shape index (κ2) is 8.06. The van der Waals surface area contributed by atoms with Crippen molar-refractivity contribution in [1.29, 1.82) is 0 Å². The zero-order valence-corrected chi connectivity index (χ0v) is 11.5. The van der Waals surface area contributed by atoms with Crippen LogP contribution in [0.15, 0.2) is 24.5 Å². The van der Waals surface area contributed by atoms with E-state index in [2.05, 4.69) is 10.3 Å². The van der Waals surface area contributed by atoms with Crippen molar-refractivity contribution in [2.24, 2.45) is 0 Å². The summed E-state index contributed by atoms with van der Waals surface area (Å²) in [6.45, 7) is 4.75. The highest BCUT2D eigenvalue weighted by Crippen LogP contribution is 2.05. The molecule has 1 rings (SSSR count). The number of nitrogens with one attached hydrogen (secondary N) is 1. The van der Waals surface area contributed by atoms with Gasteiger partial charge in [0, 0.05) is 31.6 Å². The van der Waals surface area contributed by atoms with Gasteiger partial charge in [-0.25, -0.2) is 4.79 Å². The smallest absolute Gasteiger partial charge is 0.328 e. The average molecular weight is 278 g/mol. The third-order valence-electron chi connectivity index (χ3n) is 2.44. The topological polar surface area (TPSA) is 88.5 Å². The first kappa shape index (κ1) is 15.8. The monoisotopic (exact) mass is 278 g/mol. The Morgan fingerprint density at radius 3 is 2.90 bits per heavy atom. The molecule has 1 aromatic heterocycles. The average Bonchev–Trinajstić information content (AvgIpc) is 2.43. The summed E-state index contributed by atoms with van der Waals surface area (Å²) in [7, 11) is 0. The van der Waals surface area contributed by atoms with E-state index in [1.165, 1.54) is 18.5 Å². The van der Waals surface area contributed by atoms with Gasteiger partial charge >= 0.3 is 5.97 Å². The molecule has 0 saturated carbocycles. The maximum Gasteiger partial charge on any atom is 0.328 e. The first-order chi connectivity index (χ1) is 9.52. The number of ether oxygens (including phenoxy) is 1. The van der Waals surface area contributed by atoms with Gasteiger partial charge in [-0.3, -0.25) is 9.78 Å². The van der Waals surface area contributed by atoms with E-state index in [0.29, 0.717) is 24.3 Å². The van der Waals surface area contributed by atoms with Crippen LogP contribution in [0.4, 0.5) is 0 Å². The Morgan fingerprint density at radius 1 is 1.50 bits per heavy atom. The molecule has 0 aromatic carbocycles. The molecule has 1 unspecified atom stereocenters. The van der Waals surface area contributed by atoms with Crippen LogP contribution in [-0.4, -0.2) is 41.2 Å². The fourth-order valence-corrected chi connectivity index (χ4v) is 1.52. The molecule has 0 bridgehead atoms. The first-order valence-electron chi connectivity index (χ1n) is 6.28. The fraction of sp³-hybridized carbons (Fsp3) is 0.357. The molecular weight excluding hydrogens is 260 g/mol. The van der Waals surface area contributed by atoms with Crippen molar-refractivity contribution in [3.05, 3.63) is 35.7 Å². The number of aromatic nitrogens is 1. The summed E-state index contributed by atoms with van der Waals surface area (Å²) < 4.78 is 5.31. The summed E-state index contributed by atoms with van der Waals surface area (Å²) >= 11 is 0. The highest BCUT2D eigenvalue weighted by atomic mass is 16.5. The van der Waals surface area contributed by atoms with E-state index < -0.39 is 5.97 Å². The third-order valence-corrected chi connectivity index (χ3v) is 2.44. The number of carboxylic acids is 1. The van der Waals surface area contributed by atoms with Crippen LogP contribution < -0.4 is 5.32 Å². The van der Waals surface area contributed by atoms with Gasteiger partial charge in [0.15, 0.2) is 0 Å². The minimum Gasteiger partial charge on any atom is -0.478 e. The van der Waals surface area contributed by atoms with Crippen LogP contribution >= 0.6 is 0 Å². The number of rotatable bonds is 7. The summed E-state index contributed by atoms with van der Waals surface area (Å²) in [6.07, 6.45) is 5.23. The summed E-state index contributed by atoms with van der Waals surface area (Å²) in [4.78, 5) is 26.2. The highest BCUT2D eigenvalue weighted by molar-refractivity contribution is 5.94. The van der Waals surface area contributed by atoms with E-state index >= 15 is 0 Å². The first-order valence-corrected chi connectivity index (χ1v) is 6.28. The van der Waals surface area contributed by atoms with Crippen LogP contribution in [-0.2, 0) is 9.53 Å². The second-order valence-corrected chi connectivity index (χ2v) is 4.15. The van der Waals surface area contributed by atoms with Gasteiger partial charge in [0.1, 0.15) is 0 Å². The summed E-state index contributed by atoms with van der Waals surface area (Å²) in [5.41, 5.74) is 0.930. The minimum atomic E-state index is -1.05. The molecular formula is C14H18N2O4. The fourth-order valence-electron chi connectivity index (χ4n) is 1.52. The molecule has 0 saturated heterocycles. The minimum absolute atomic E-state index is 0.0630. The Balaban J connectivity index is 2.64. The van der Waals surface area contributed by atoms with Crippen molar-refractivity contribution >= 4 is 18.0 Å². The molecule has 0 aliphatic heterocycles. The molecule has 0 spiro atoms. The maximum absolute atomic E-state index is 11.9. The quantitative estimate of drug-likeness (QED) is 0.735. The second-order valence-electron chi connectivity index (χ2n) is 4.15. The number of amides is 1. The maximum atomic E-state index is 11.9. The lowest BCUT2D eigenvalue weighted by Crippen LogP contribution is -2.32. The normalized spacial score (nSPS) is 12.3. The van der Waals surface area contributed by atoms with E-state index in [1.807, 2.05) is 13.8 Å². The molecule has 0 aliphatic rings. The number of pyridine rings is 1. The van der Waals surface area contributed by atoms with Crippen LogP contribution in [0.25, 0.3) is 6.08 Å². The van der Waals surface area contributed by atoms with Crippen LogP contribution in [0, 0.1) is 0 Å². The Morgan fingerprint density at radius 2 is 2.25 bits per heavy atom. The number of hydrogen-bond donors (Lipinski definition) is 2. The largest absolute Gasteiger partial charge is 0.478 e. The van der Waals surface area contributed by atoms with E-state index in [0.717, 1.165) is 6.08 Å². The number of carboxylic acid groups (broad SMARTS) is 1. The molecule has 0 radical (unpaired) electrons. The zero-order valence-electron chi connectivity index (χ0n) is 11.5. The van der Waals surface area contributed by atoms with Crippen molar-refractivity contribution in [2.45, 2.75) is 20.0 Å². The number of carbonyl (C=O) groups is 2. The molecule has 1 aromatic rings. The Kier molecular flexibility index (Phi) is 6.39. The number of hydrogen-bond acceptors (Lipinski definition) is 4. The molecule has 108 valence electrons. The molecule has 2 N–H and O–H groups in total. The van der Waals surface area contributed by atoms with Gasteiger partial charge in [-0.05, 0) is 31.6 Å². The molecule has 0 fully saturated rings. The SMILES string of the molecule is CCOC(C)CNC(=O)c1cncc(/C=C/C(=O)O)c1. The molecule has 6 heteroatoms. The van der Waals surface area contributed by atoms with Crippen molar-refractivity contribution < 1.29 is 19.4 Å². The Hall–Kier alpha value is -2.21. The predicted octanol–water partition coefficient (Wildman–Crippen LogP) is 1.33. The summed E-state index contributed by atoms with van der Waals surface area (Å²) in [5.74, 6) is -1.32. The van der Waals surface area contributed by atoms with E-state index in [9.17, 15) is 9.59 Å². The molecule has 0 aliphatic carbocycles. The van der Waals surface area contributed by atoms with E-state index in [-0.39, 0.29) is 12.0 Å². The van der Waals surface area contributed by atoms with Gasteiger partial charge in [0.05, 0.1) is 11.7 Å². The molecule has 1 heterocycles. The van der Waals surface area contributed by atoms with E-state index in [4.69, 9.17) is 9.84 Å². The predicted molar refractivity (Wildman–Crippen MR) is 74.3 cm³/mol. The number of nitrogens with zero attached hydrogens (tertiary/aromatic N) is 1. The standard InChI is InChI=1S/C14H18N2O4/c1-3-20-10(2)7-16-14(19)12-6-11(8-15-9-12)4-5-13(17)18/h4-6,8-10H,3,7H2,1-2H3,(H,16,19)(H,17,18)/b5-4+. The Labute approximate surface area is 117 Å². The number of aliphatic carboxylic acids is 1. The Bertz CT molecular complexity index is 500. The van der Waals surface area contributed by atoms with Crippen LogP contribution in [0.3, 0.4) is 0 Å². The lowest BCUT2D eigenvalue weighted by atomic mass is 10.2. The lowest BCUT2D eigenvalue weighted by Gasteiger charge is -2.12. The van der Waals surface area contributed by atoms with E-state index in [1.54, 1.807) is 6.07 Å². The van der Waals surface area contributed by atoms with Crippen molar-refractivity contribution in [2.75, 3.05) is 13.2 Å². The lowest BCUT2D eigenvalue weighted by molar-refractivity contribution is -0.131. The van der Waals surface area contributed by atoms with Gasteiger partial charge in [0.25, 0.3) is 5.91 Å². The molecule has 1 amide bonds. The summed E-state index contributed by atoms with van der Waals surface area (Å²) in [5, 5.41) is 11.3. The molecule has 1 atom stereocenters. The molecule has 6 nitrogen and oxygen atoms in total. The van der Waals surface area contributed by atoms with Crippen LogP contribution in [0.5, 0.6) is 0 Å². The number of carbonyl (C=O) groups excluding carboxylic acids is 1. The van der Waals surface area contributed by atoms with Crippen molar-refractivity contribution in [3.8, 4) is 0 Å². The van der Waals surface area contributed by atoms with Crippen LogP contribution in [0.1, 0.15) is 29.8 Å². The van der Waals surface area contributed by atoms with Gasteiger partial charge in [-0.1, -0.05) is 0 Å². The van der Waals surface area contributed by atoms with Crippen molar-refractivity contribution in [3.63, 3.8) is 0 Å². The van der Waals surface area contributed by atoms with Gasteiger partial charge < -0.3 is 15.2 Å². The third kappa shape index (κ3) is 5.62.